The van der Waals surface area contributed by atoms with E-state index in [-0.39, 0.29) is 0 Å². The van der Waals surface area contributed by atoms with Crippen molar-refractivity contribution in [2.75, 3.05) is 0 Å². The molecule has 0 radical (unpaired) electrons. The predicted molar refractivity (Wildman–Crippen MR) is 34.1 cm³/mol. The van der Waals surface area contributed by atoms with Gasteiger partial charge in [-0.2, -0.15) is 0 Å². The molecule has 7 heavy (non-hydrogen) atoms. The van der Waals surface area contributed by atoms with Crippen LogP contribution in [0.4, 0.5) is 0 Å². The lowest BCUT2D eigenvalue weighted by molar-refractivity contribution is 0.904. The zero-order valence-electron chi connectivity index (χ0n) is 4.04. The fraction of sp³-hybridized carbons (Fsp3) is 0.200. The first-order chi connectivity index (χ1) is 3.43. The van der Waals surface area contributed by atoms with E-state index < -0.39 is 0 Å². The lowest BCUT2D eigenvalue weighted by atomic mass is 10.7. The Kier molecular flexibility index (Phi) is 1.48. The highest BCUT2D eigenvalue weighted by atomic mass is 31.0. The van der Waals surface area contributed by atoms with Crippen molar-refractivity contribution < 1.29 is 0 Å². The first-order valence-electron chi connectivity index (χ1n) is 2.24. The zero-order chi connectivity index (χ0) is 5.11. The fourth-order valence-electron chi connectivity index (χ4n) is 0.492. The molecular weight excluding hydrogens is 105 g/mol. The van der Waals surface area contributed by atoms with Gasteiger partial charge in [0.25, 0.3) is 0 Å². The van der Waals surface area contributed by atoms with E-state index in [1.54, 1.807) is 0 Å². The zero-order valence-corrected chi connectivity index (χ0v) is 5.20. The molecule has 1 atom stereocenters. The van der Waals surface area contributed by atoms with Gasteiger partial charge in [0.15, 0.2) is 0 Å². The van der Waals surface area contributed by atoms with Crippen LogP contribution in [0.3, 0.4) is 0 Å². The fourth-order valence-corrected chi connectivity index (χ4v) is 0.735. The molecule has 1 unspecified atom stereocenters. The van der Waals surface area contributed by atoms with Gasteiger partial charge in [0, 0.05) is 18.7 Å². The molecule has 0 aliphatic carbocycles. The molecule has 0 aromatic carbocycles. The molecule has 2 heteroatoms. The Hall–Kier alpha value is -0.290. The Labute approximate surface area is 45.5 Å². The van der Waals surface area contributed by atoms with Crippen LogP contribution in [0.5, 0.6) is 0 Å². The van der Waals surface area contributed by atoms with Crippen molar-refractivity contribution >= 4 is 9.24 Å². The highest BCUT2D eigenvalue weighted by Crippen LogP contribution is 1.92. The summed E-state index contributed by atoms with van der Waals surface area (Å²) in [4.78, 5) is 0. The normalized spacial score (nSPS) is 9.29. The van der Waals surface area contributed by atoms with Gasteiger partial charge in [-0.3, -0.25) is 0 Å². The molecule has 1 nitrogen and oxygen atoms in total. The summed E-state index contributed by atoms with van der Waals surface area (Å²) in [6.45, 7) is 0. The summed E-state index contributed by atoms with van der Waals surface area (Å²) in [6, 6.07) is 4.04. The van der Waals surface area contributed by atoms with Crippen molar-refractivity contribution in [3.63, 3.8) is 0 Å². The lowest BCUT2D eigenvalue weighted by Crippen LogP contribution is -1.81. The van der Waals surface area contributed by atoms with E-state index in [2.05, 4.69) is 13.8 Å². The molecule has 1 aromatic heterocycles. The summed E-state index contributed by atoms with van der Waals surface area (Å²) in [5.74, 6) is 0. The molecule has 0 amide bonds. The van der Waals surface area contributed by atoms with Crippen LogP contribution >= 0.6 is 9.24 Å². The van der Waals surface area contributed by atoms with Crippen molar-refractivity contribution in [3.05, 3.63) is 24.5 Å². The Morgan fingerprint density at radius 2 is 1.86 bits per heavy atom. The van der Waals surface area contributed by atoms with Crippen molar-refractivity contribution in [1.82, 2.24) is 4.57 Å². The Morgan fingerprint density at radius 1 is 1.29 bits per heavy atom. The molecule has 0 aliphatic heterocycles. The van der Waals surface area contributed by atoms with E-state index in [1.807, 2.05) is 24.5 Å². The molecule has 0 fully saturated rings. The monoisotopic (exact) mass is 113 g/mol. The lowest BCUT2D eigenvalue weighted by Gasteiger charge is -1.89. The molecule has 0 N–H and O–H groups in total. The second-order valence-corrected chi connectivity index (χ2v) is 1.74. The highest BCUT2D eigenvalue weighted by Gasteiger charge is 1.75. The van der Waals surface area contributed by atoms with Crippen LogP contribution in [0.25, 0.3) is 0 Å². The van der Waals surface area contributed by atoms with Gasteiger partial charge in [0.2, 0.25) is 0 Å². The van der Waals surface area contributed by atoms with E-state index in [1.165, 1.54) is 0 Å². The first kappa shape index (κ1) is 4.86. The van der Waals surface area contributed by atoms with E-state index in [0.29, 0.717) is 0 Å². The minimum absolute atomic E-state index is 0.993. The summed E-state index contributed by atoms with van der Waals surface area (Å²) in [5.41, 5.74) is 0. The molecule has 1 heterocycles. The van der Waals surface area contributed by atoms with E-state index in [0.717, 1.165) is 6.29 Å². The van der Waals surface area contributed by atoms with Crippen molar-refractivity contribution in [2.45, 2.75) is 6.29 Å². The topological polar surface area (TPSA) is 4.93 Å². The highest BCUT2D eigenvalue weighted by molar-refractivity contribution is 7.15. The van der Waals surface area contributed by atoms with Crippen LogP contribution in [0.2, 0.25) is 0 Å². The number of aromatic nitrogens is 1. The Morgan fingerprint density at radius 3 is 2.14 bits per heavy atom. The number of nitrogens with zero attached hydrogens (tertiary/aromatic N) is 1. The number of hydrogen-bond donors (Lipinski definition) is 0. The third-order valence-electron chi connectivity index (χ3n) is 0.877. The first-order valence-corrected chi connectivity index (χ1v) is 3.06. The van der Waals surface area contributed by atoms with Gasteiger partial charge in [-0.05, 0) is 12.1 Å². The number of rotatable bonds is 1. The molecule has 0 bridgehead atoms. The van der Waals surface area contributed by atoms with Crippen LogP contribution in [-0.4, -0.2) is 4.57 Å². The molecule has 1 aromatic rings. The average Bonchev–Trinajstić information content (AvgIpc) is 2.14. The van der Waals surface area contributed by atoms with E-state index in [4.69, 9.17) is 0 Å². The van der Waals surface area contributed by atoms with Gasteiger partial charge in [-0.25, -0.2) is 0 Å². The van der Waals surface area contributed by atoms with E-state index >= 15 is 0 Å². The van der Waals surface area contributed by atoms with Crippen LogP contribution in [-0.2, 0) is 6.29 Å². The Bertz CT molecular complexity index is 123. The largest absolute Gasteiger partial charge is 0.351 e. The van der Waals surface area contributed by atoms with Gasteiger partial charge >= 0.3 is 0 Å². The minimum Gasteiger partial charge on any atom is -0.351 e. The summed E-state index contributed by atoms with van der Waals surface area (Å²) < 4.78 is 2.09. The predicted octanol–water partition coefficient (Wildman–Crippen LogP) is 1.32. The third kappa shape index (κ3) is 1.04. The number of hydrogen-bond acceptors (Lipinski definition) is 0. The second-order valence-electron chi connectivity index (χ2n) is 1.38. The van der Waals surface area contributed by atoms with Crippen LogP contribution < -0.4 is 0 Å². The van der Waals surface area contributed by atoms with Gasteiger partial charge in [-0.15, -0.1) is 9.24 Å². The molecule has 1 rings (SSSR count). The van der Waals surface area contributed by atoms with Crippen molar-refractivity contribution in [2.24, 2.45) is 0 Å². The summed E-state index contributed by atoms with van der Waals surface area (Å²) in [6.07, 6.45) is 5.06. The molecule has 0 aliphatic rings. The van der Waals surface area contributed by atoms with Crippen LogP contribution in [0, 0.1) is 0 Å². The summed E-state index contributed by atoms with van der Waals surface area (Å²) in [5, 5.41) is 0. The second kappa shape index (κ2) is 2.13. The average molecular weight is 113 g/mol. The summed E-state index contributed by atoms with van der Waals surface area (Å²) in [7, 11) is 2.65. The Balaban J connectivity index is 2.76. The molecule has 0 saturated carbocycles. The maximum Gasteiger partial charge on any atom is 0.0359 e. The van der Waals surface area contributed by atoms with Gasteiger partial charge < -0.3 is 4.57 Å². The standard InChI is InChI=1S/C5H8NP/c7-5-6-3-1-2-4-6/h1-4H,5,7H2. The maximum atomic E-state index is 2.65. The third-order valence-corrected chi connectivity index (χ3v) is 1.30. The van der Waals surface area contributed by atoms with Crippen molar-refractivity contribution in [3.8, 4) is 0 Å². The molecule has 0 spiro atoms. The summed E-state index contributed by atoms with van der Waals surface area (Å²) >= 11 is 0. The smallest absolute Gasteiger partial charge is 0.0359 e. The molecule has 38 valence electrons. The van der Waals surface area contributed by atoms with Gasteiger partial charge in [0.1, 0.15) is 0 Å². The van der Waals surface area contributed by atoms with Crippen molar-refractivity contribution in [1.29, 1.82) is 0 Å². The SMILES string of the molecule is PCn1cccc1. The molecular formula is C5H8NP. The minimum atomic E-state index is 0.993. The maximum absolute atomic E-state index is 2.65. The van der Waals surface area contributed by atoms with Gasteiger partial charge in [0.05, 0.1) is 0 Å². The van der Waals surface area contributed by atoms with Crippen LogP contribution in [0.1, 0.15) is 0 Å². The quantitative estimate of drug-likeness (QED) is 0.484. The molecule has 0 saturated heterocycles. The van der Waals surface area contributed by atoms with Crippen LogP contribution in [0.15, 0.2) is 24.5 Å². The van der Waals surface area contributed by atoms with E-state index in [9.17, 15) is 0 Å². The van der Waals surface area contributed by atoms with Gasteiger partial charge in [-0.1, -0.05) is 0 Å².